The van der Waals surface area contributed by atoms with E-state index < -0.39 is 0 Å². The van der Waals surface area contributed by atoms with Crippen LogP contribution in [0.4, 0.5) is 0 Å². The molecule has 84 valence electrons. The first-order chi connectivity index (χ1) is 7.18. The number of nitrogens with one attached hydrogen (secondary N) is 1. The molecule has 4 nitrogen and oxygen atoms in total. The molecule has 4 heteroatoms. The zero-order valence-electron chi connectivity index (χ0n) is 9.35. The largest absolute Gasteiger partial charge is 0.390 e. The van der Waals surface area contributed by atoms with E-state index in [0.717, 1.165) is 6.54 Å². The third kappa shape index (κ3) is 5.47. The maximum atomic E-state index is 9.58. The van der Waals surface area contributed by atoms with Gasteiger partial charge in [0.2, 0.25) is 0 Å². The molecule has 0 aliphatic carbocycles. The average molecular weight is 209 g/mol. The van der Waals surface area contributed by atoms with Gasteiger partial charge in [0.1, 0.15) is 0 Å². The van der Waals surface area contributed by atoms with Crippen LogP contribution in [-0.2, 0) is 6.54 Å². The molecule has 0 saturated carbocycles. The molecule has 1 atom stereocenters. The van der Waals surface area contributed by atoms with Crippen LogP contribution >= 0.6 is 0 Å². The van der Waals surface area contributed by atoms with Gasteiger partial charge in [-0.15, -0.1) is 0 Å². The minimum atomic E-state index is -0.318. The van der Waals surface area contributed by atoms with Crippen molar-refractivity contribution in [2.24, 2.45) is 0 Å². The van der Waals surface area contributed by atoms with Gasteiger partial charge in [-0.2, -0.15) is 0 Å². The Hall–Kier alpha value is -0.970. The quantitative estimate of drug-likeness (QED) is 0.697. The Balaban J connectivity index is 2.16. The highest BCUT2D eigenvalue weighted by atomic mass is 16.3. The van der Waals surface area contributed by atoms with Crippen molar-refractivity contribution in [2.75, 3.05) is 27.2 Å². The molecule has 0 radical (unpaired) electrons. The molecule has 15 heavy (non-hydrogen) atoms. The highest BCUT2D eigenvalue weighted by molar-refractivity contribution is 5.08. The molecular formula is C11H19N3O. The van der Waals surface area contributed by atoms with Crippen LogP contribution in [0.1, 0.15) is 5.56 Å². The monoisotopic (exact) mass is 209 g/mol. The van der Waals surface area contributed by atoms with E-state index in [1.54, 1.807) is 12.4 Å². The molecule has 0 saturated heterocycles. The van der Waals surface area contributed by atoms with E-state index in [-0.39, 0.29) is 6.10 Å². The highest BCUT2D eigenvalue weighted by Gasteiger charge is 2.04. The van der Waals surface area contributed by atoms with Gasteiger partial charge < -0.3 is 15.3 Å². The van der Waals surface area contributed by atoms with Crippen LogP contribution in [0.3, 0.4) is 0 Å². The van der Waals surface area contributed by atoms with Crippen molar-refractivity contribution in [1.82, 2.24) is 15.2 Å². The first-order valence-electron chi connectivity index (χ1n) is 5.11. The second-order valence-electron chi connectivity index (χ2n) is 3.90. The Morgan fingerprint density at radius 1 is 1.40 bits per heavy atom. The fraction of sp³-hybridized carbons (Fsp3) is 0.545. The van der Waals surface area contributed by atoms with Crippen molar-refractivity contribution >= 4 is 0 Å². The molecule has 1 heterocycles. The summed E-state index contributed by atoms with van der Waals surface area (Å²) in [5.74, 6) is 0. The lowest BCUT2D eigenvalue weighted by atomic mass is 10.2. The van der Waals surface area contributed by atoms with Crippen LogP contribution in [0.15, 0.2) is 24.5 Å². The predicted octanol–water partition coefficient (Wildman–Crippen LogP) is 0.0937. The molecule has 1 rings (SSSR count). The molecule has 1 aromatic heterocycles. The second-order valence-corrected chi connectivity index (χ2v) is 3.90. The van der Waals surface area contributed by atoms with E-state index >= 15 is 0 Å². The van der Waals surface area contributed by atoms with Crippen molar-refractivity contribution in [3.63, 3.8) is 0 Å². The lowest BCUT2D eigenvalue weighted by Gasteiger charge is -2.16. The average Bonchev–Trinajstić information content (AvgIpc) is 2.18. The Morgan fingerprint density at radius 3 is 2.67 bits per heavy atom. The fourth-order valence-corrected chi connectivity index (χ4v) is 1.37. The SMILES string of the molecule is CN(C)CC(O)CNCc1ccncc1. The van der Waals surface area contributed by atoms with E-state index in [1.807, 2.05) is 31.1 Å². The summed E-state index contributed by atoms with van der Waals surface area (Å²) < 4.78 is 0. The number of hydrogen-bond acceptors (Lipinski definition) is 4. The maximum Gasteiger partial charge on any atom is 0.0791 e. The highest BCUT2D eigenvalue weighted by Crippen LogP contribution is 1.95. The van der Waals surface area contributed by atoms with Gasteiger partial charge in [0.25, 0.3) is 0 Å². The minimum absolute atomic E-state index is 0.318. The molecule has 0 bridgehead atoms. The Labute approximate surface area is 90.9 Å². The van der Waals surface area contributed by atoms with Gasteiger partial charge >= 0.3 is 0 Å². The first-order valence-corrected chi connectivity index (χ1v) is 5.11. The van der Waals surface area contributed by atoms with Crippen LogP contribution in [0.25, 0.3) is 0 Å². The number of hydrogen-bond donors (Lipinski definition) is 2. The van der Waals surface area contributed by atoms with Crippen molar-refractivity contribution in [1.29, 1.82) is 0 Å². The zero-order valence-corrected chi connectivity index (χ0v) is 9.35. The van der Waals surface area contributed by atoms with Gasteiger partial charge in [-0.05, 0) is 31.8 Å². The van der Waals surface area contributed by atoms with Gasteiger partial charge in [-0.3, -0.25) is 4.98 Å². The Bertz CT molecular complexity index is 264. The normalized spacial score (nSPS) is 13.1. The number of pyridine rings is 1. The summed E-state index contributed by atoms with van der Waals surface area (Å²) in [6, 6.07) is 3.93. The summed E-state index contributed by atoms with van der Waals surface area (Å²) in [6.07, 6.45) is 3.22. The van der Waals surface area contributed by atoms with Crippen molar-refractivity contribution in [2.45, 2.75) is 12.6 Å². The lowest BCUT2D eigenvalue weighted by molar-refractivity contribution is 0.134. The van der Waals surface area contributed by atoms with Gasteiger partial charge in [-0.25, -0.2) is 0 Å². The van der Waals surface area contributed by atoms with Crippen LogP contribution in [0.2, 0.25) is 0 Å². The Morgan fingerprint density at radius 2 is 2.07 bits per heavy atom. The van der Waals surface area contributed by atoms with Crippen LogP contribution in [0.5, 0.6) is 0 Å². The molecule has 0 amide bonds. The number of rotatable bonds is 6. The van der Waals surface area contributed by atoms with E-state index in [1.165, 1.54) is 5.56 Å². The van der Waals surface area contributed by atoms with Crippen LogP contribution in [-0.4, -0.2) is 48.3 Å². The third-order valence-corrected chi connectivity index (χ3v) is 2.03. The van der Waals surface area contributed by atoms with E-state index in [0.29, 0.717) is 13.1 Å². The van der Waals surface area contributed by atoms with Crippen LogP contribution < -0.4 is 5.32 Å². The molecule has 1 aromatic rings. The van der Waals surface area contributed by atoms with Crippen LogP contribution in [0, 0.1) is 0 Å². The summed E-state index contributed by atoms with van der Waals surface area (Å²) in [5, 5.41) is 12.8. The van der Waals surface area contributed by atoms with Gasteiger partial charge in [0, 0.05) is 32.0 Å². The standard InChI is InChI=1S/C11H19N3O/c1-14(2)9-11(15)8-13-7-10-3-5-12-6-4-10/h3-6,11,13,15H,7-9H2,1-2H3. The lowest BCUT2D eigenvalue weighted by Crippen LogP contribution is -2.34. The van der Waals surface area contributed by atoms with Crippen molar-refractivity contribution in [3.05, 3.63) is 30.1 Å². The van der Waals surface area contributed by atoms with Gasteiger partial charge in [0.05, 0.1) is 6.10 Å². The summed E-state index contributed by atoms with van der Waals surface area (Å²) >= 11 is 0. The second kappa shape index (κ2) is 6.50. The number of nitrogens with zero attached hydrogens (tertiary/aromatic N) is 2. The predicted molar refractivity (Wildman–Crippen MR) is 60.5 cm³/mol. The van der Waals surface area contributed by atoms with E-state index in [4.69, 9.17) is 0 Å². The molecule has 0 spiro atoms. The van der Waals surface area contributed by atoms with E-state index in [9.17, 15) is 5.11 Å². The molecule has 0 aromatic carbocycles. The maximum absolute atomic E-state index is 9.58. The number of likely N-dealkylation sites (N-methyl/N-ethyl adjacent to an activating group) is 1. The fourth-order valence-electron chi connectivity index (χ4n) is 1.37. The number of aromatic nitrogens is 1. The first kappa shape index (κ1) is 12.1. The summed E-state index contributed by atoms with van der Waals surface area (Å²) in [7, 11) is 3.90. The van der Waals surface area contributed by atoms with Crippen molar-refractivity contribution < 1.29 is 5.11 Å². The molecule has 0 fully saturated rings. The van der Waals surface area contributed by atoms with E-state index in [2.05, 4.69) is 10.3 Å². The topological polar surface area (TPSA) is 48.4 Å². The van der Waals surface area contributed by atoms with Gasteiger partial charge in [0.15, 0.2) is 0 Å². The molecule has 0 aliphatic heterocycles. The zero-order chi connectivity index (χ0) is 11.1. The number of aliphatic hydroxyl groups excluding tert-OH is 1. The smallest absolute Gasteiger partial charge is 0.0791 e. The third-order valence-electron chi connectivity index (χ3n) is 2.03. The Kier molecular flexibility index (Phi) is 5.25. The summed E-state index contributed by atoms with van der Waals surface area (Å²) in [5.41, 5.74) is 1.18. The molecule has 2 N–H and O–H groups in total. The summed E-state index contributed by atoms with van der Waals surface area (Å²) in [4.78, 5) is 5.92. The minimum Gasteiger partial charge on any atom is -0.390 e. The number of aliphatic hydroxyl groups is 1. The van der Waals surface area contributed by atoms with Crippen molar-refractivity contribution in [3.8, 4) is 0 Å². The molecule has 0 aliphatic rings. The molecule has 1 unspecified atom stereocenters. The molecular weight excluding hydrogens is 190 g/mol. The summed E-state index contributed by atoms with van der Waals surface area (Å²) in [6.45, 7) is 2.07. The van der Waals surface area contributed by atoms with Gasteiger partial charge in [-0.1, -0.05) is 0 Å².